The summed E-state index contributed by atoms with van der Waals surface area (Å²) in [4.78, 5) is 34.7. The van der Waals surface area contributed by atoms with Gasteiger partial charge in [-0.15, -0.1) is 0 Å². The topological polar surface area (TPSA) is 98.5 Å². The van der Waals surface area contributed by atoms with Crippen LogP contribution in [0.3, 0.4) is 0 Å². The highest BCUT2D eigenvalue weighted by atomic mass is 16.6. The van der Waals surface area contributed by atoms with Gasteiger partial charge in [0, 0.05) is 18.2 Å². The minimum Gasteiger partial charge on any atom is -0.452 e. The van der Waals surface area contributed by atoms with Crippen LogP contribution < -0.4 is 5.32 Å². The van der Waals surface area contributed by atoms with Crippen molar-refractivity contribution in [3.05, 3.63) is 39.4 Å². The van der Waals surface area contributed by atoms with Gasteiger partial charge in [-0.05, 0) is 80.8 Å². The SMILES string of the molecule is Cc1cc(C(=O)OCC(=O)NCC23CC4CC(CC(C4)C2)C3)ccc1[N+](=O)[O-]. The number of hydrogen-bond acceptors (Lipinski definition) is 5. The zero-order chi connectivity index (χ0) is 19.9. The third kappa shape index (κ3) is 3.75. The van der Waals surface area contributed by atoms with Gasteiger partial charge < -0.3 is 10.1 Å². The lowest BCUT2D eigenvalue weighted by Gasteiger charge is -2.56. The highest BCUT2D eigenvalue weighted by molar-refractivity contribution is 5.91. The van der Waals surface area contributed by atoms with E-state index in [2.05, 4.69) is 5.32 Å². The molecule has 7 nitrogen and oxygen atoms in total. The average molecular weight is 386 g/mol. The van der Waals surface area contributed by atoms with Gasteiger partial charge in [-0.3, -0.25) is 14.9 Å². The highest BCUT2D eigenvalue weighted by Gasteiger charge is 2.50. The summed E-state index contributed by atoms with van der Waals surface area (Å²) in [6.07, 6.45) is 7.71. The van der Waals surface area contributed by atoms with Gasteiger partial charge in [0.05, 0.1) is 10.5 Å². The number of carbonyl (C=O) groups excluding carboxylic acids is 2. The quantitative estimate of drug-likeness (QED) is 0.459. The van der Waals surface area contributed by atoms with Crippen molar-refractivity contribution in [2.45, 2.75) is 45.4 Å². The molecule has 0 aliphatic heterocycles. The van der Waals surface area contributed by atoms with Crippen LogP contribution in [0.4, 0.5) is 5.69 Å². The van der Waals surface area contributed by atoms with Crippen LogP contribution in [-0.4, -0.2) is 30.0 Å². The lowest BCUT2D eigenvalue weighted by atomic mass is 9.49. The molecule has 4 fully saturated rings. The van der Waals surface area contributed by atoms with Crippen LogP contribution in [-0.2, 0) is 9.53 Å². The summed E-state index contributed by atoms with van der Waals surface area (Å²) in [5.74, 6) is 1.54. The molecule has 28 heavy (non-hydrogen) atoms. The third-order valence-corrected chi connectivity index (χ3v) is 6.79. The van der Waals surface area contributed by atoms with Crippen LogP contribution in [0, 0.1) is 40.2 Å². The molecule has 4 bridgehead atoms. The van der Waals surface area contributed by atoms with Crippen molar-refractivity contribution in [3.8, 4) is 0 Å². The first kappa shape index (κ1) is 18.9. The van der Waals surface area contributed by atoms with Crippen LogP contribution in [0.25, 0.3) is 0 Å². The fourth-order valence-electron chi connectivity index (χ4n) is 6.05. The molecule has 0 saturated heterocycles. The molecule has 1 amide bonds. The zero-order valence-electron chi connectivity index (χ0n) is 16.1. The Hall–Kier alpha value is -2.44. The third-order valence-electron chi connectivity index (χ3n) is 6.79. The maximum atomic E-state index is 12.2. The lowest BCUT2D eigenvalue weighted by molar-refractivity contribution is -0.385. The molecule has 4 saturated carbocycles. The van der Waals surface area contributed by atoms with Crippen molar-refractivity contribution in [2.24, 2.45) is 23.2 Å². The molecular weight excluding hydrogens is 360 g/mol. The van der Waals surface area contributed by atoms with Gasteiger partial charge in [0.15, 0.2) is 6.61 Å². The number of hydrogen-bond donors (Lipinski definition) is 1. The predicted octanol–water partition coefficient (Wildman–Crippen LogP) is 3.39. The van der Waals surface area contributed by atoms with E-state index in [9.17, 15) is 19.7 Å². The Balaban J connectivity index is 1.27. The molecule has 0 atom stereocenters. The van der Waals surface area contributed by atoms with Crippen LogP contribution >= 0.6 is 0 Å². The van der Waals surface area contributed by atoms with Crippen molar-refractivity contribution in [1.82, 2.24) is 5.32 Å². The van der Waals surface area contributed by atoms with E-state index < -0.39 is 10.9 Å². The summed E-state index contributed by atoms with van der Waals surface area (Å²) >= 11 is 0. The van der Waals surface area contributed by atoms with Crippen LogP contribution in [0.2, 0.25) is 0 Å². The lowest BCUT2D eigenvalue weighted by Crippen LogP contribution is -2.51. The van der Waals surface area contributed by atoms with E-state index in [1.165, 1.54) is 56.7 Å². The Morgan fingerprint density at radius 3 is 2.32 bits per heavy atom. The summed E-state index contributed by atoms with van der Waals surface area (Å²) in [5.41, 5.74) is 0.775. The smallest absolute Gasteiger partial charge is 0.338 e. The first-order chi connectivity index (χ1) is 13.3. The number of ether oxygens (including phenoxy) is 1. The summed E-state index contributed by atoms with van der Waals surface area (Å²) in [6.45, 7) is 1.90. The van der Waals surface area contributed by atoms with Gasteiger partial charge in [-0.2, -0.15) is 0 Å². The number of aryl methyl sites for hydroxylation is 1. The molecule has 4 aliphatic rings. The van der Waals surface area contributed by atoms with Gasteiger partial charge in [0.2, 0.25) is 0 Å². The summed E-state index contributed by atoms with van der Waals surface area (Å²) in [7, 11) is 0. The second kappa shape index (κ2) is 7.18. The molecule has 0 heterocycles. The molecule has 4 aliphatic carbocycles. The molecule has 7 heteroatoms. The Kier molecular flexibility index (Phi) is 4.85. The van der Waals surface area contributed by atoms with E-state index in [0.717, 1.165) is 17.8 Å². The molecular formula is C21H26N2O5. The van der Waals surface area contributed by atoms with E-state index in [0.29, 0.717) is 12.1 Å². The molecule has 0 radical (unpaired) electrons. The van der Waals surface area contributed by atoms with Gasteiger partial charge in [0.1, 0.15) is 0 Å². The number of nitro benzene ring substituents is 1. The first-order valence-corrected chi connectivity index (χ1v) is 10.0. The number of esters is 1. The monoisotopic (exact) mass is 386 g/mol. The second-order valence-electron chi connectivity index (χ2n) is 9.03. The number of nitrogens with one attached hydrogen (secondary N) is 1. The molecule has 5 rings (SSSR count). The Bertz CT molecular complexity index is 784. The number of rotatable bonds is 6. The normalized spacial score (nSPS) is 30.1. The minimum absolute atomic E-state index is 0.0511. The Labute approximate surface area is 164 Å². The molecule has 0 unspecified atom stereocenters. The number of amides is 1. The average Bonchev–Trinajstić information content (AvgIpc) is 2.63. The minimum atomic E-state index is -0.650. The summed E-state index contributed by atoms with van der Waals surface area (Å²) in [6, 6.07) is 4.04. The molecule has 150 valence electrons. The van der Waals surface area contributed by atoms with Crippen molar-refractivity contribution in [1.29, 1.82) is 0 Å². The van der Waals surface area contributed by atoms with Crippen LogP contribution in [0.1, 0.15) is 54.4 Å². The largest absolute Gasteiger partial charge is 0.452 e. The zero-order valence-corrected chi connectivity index (χ0v) is 16.1. The van der Waals surface area contributed by atoms with Gasteiger partial charge >= 0.3 is 5.97 Å². The number of carbonyl (C=O) groups is 2. The van der Waals surface area contributed by atoms with E-state index in [-0.39, 0.29) is 29.2 Å². The van der Waals surface area contributed by atoms with E-state index in [1.54, 1.807) is 6.92 Å². The maximum absolute atomic E-state index is 12.2. The highest BCUT2D eigenvalue weighted by Crippen LogP contribution is 2.59. The van der Waals surface area contributed by atoms with Crippen molar-refractivity contribution < 1.29 is 19.2 Å². The fraction of sp³-hybridized carbons (Fsp3) is 0.619. The van der Waals surface area contributed by atoms with Gasteiger partial charge in [0.25, 0.3) is 11.6 Å². The standard InChI is InChI=1S/C21H26N2O5/c1-13-4-17(2-3-18(13)23(26)27)20(25)28-11-19(24)22-12-21-8-14-5-15(9-21)7-16(6-14)10-21/h2-4,14-16H,5-12H2,1H3,(H,22,24). The van der Waals surface area contributed by atoms with E-state index in [1.807, 2.05) is 0 Å². The van der Waals surface area contributed by atoms with Crippen LogP contribution in [0.15, 0.2) is 18.2 Å². The molecule has 1 aromatic rings. The number of benzene rings is 1. The Morgan fingerprint density at radius 1 is 1.18 bits per heavy atom. The summed E-state index contributed by atoms with van der Waals surface area (Å²) in [5, 5.41) is 13.8. The molecule has 1 N–H and O–H groups in total. The van der Waals surface area contributed by atoms with Gasteiger partial charge in [-0.1, -0.05) is 0 Å². The molecule has 0 spiro atoms. The summed E-state index contributed by atoms with van der Waals surface area (Å²) < 4.78 is 5.10. The van der Waals surface area contributed by atoms with Gasteiger partial charge in [-0.25, -0.2) is 4.79 Å². The number of nitrogens with zero attached hydrogens (tertiary/aromatic N) is 1. The first-order valence-electron chi connectivity index (χ1n) is 10.0. The maximum Gasteiger partial charge on any atom is 0.338 e. The van der Waals surface area contributed by atoms with Crippen molar-refractivity contribution in [3.63, 3.8) is 0 Å². The number of nitro groups is 1. The fourth-order valence-corrected chi connectivity index (χ4v) is 6.05. The van der Waals surface area contributed by atoms with Crippen LogP contribution in [0.5, 0.6) is 0 Å². The molecule has 1 aromatic carbocycles. The van der Waals surface area contributed by atoms with Crippen molar-refractivity contribution in [2.75, 3.05) is 13.2 Å². The molecule has 0 aromatic heterocycles. The van der Waals surface area contributed by atoms with E-state index in [4.69, 9.17) is 4.74 Å². The van der Waals surface area contributed by atoms with Crippen molar-refractivity contribution >= 4 is 17.6 Å². The predicted molar refractivity (Wildman–Crippen MR) is 102 cm³/mol. The Morgan fingerprint density at radius 2 is 1.79 bits per heavy atom. The van der Waals surface area contributed by atoms with E-state index >= 15 is 0 Å². The second-order valence-corrected chi connectivity index (χ2v) is 9.03.